The van der Waals surface area contributed by atoms with Crippen LogP contribution >= 0.6 is 0 Å². The van der Waals surface area contributed by atoms with Gasteiger partial charge in [0.25, 0.3) is 0 Å². The SMILES string of the molecule is CC(C)c1ccc(C2=C(c3ccccc3)CCCc3cc(B(O)O)ccc32)cc1. The molecular weight excluding hydrogens is 355 g/mol. The van der Waals surface area contributed by atoms with E-state index in [9.17, 15) is 10.0 Å². The summed E-state index contributed by atoms with van der Waals surface area (Å²) in [5, 5.41) is 19.3. The maximum Gasteiger partial charge on any atom is 0.488 e. The third kappa shape index (κ3) is 4.07. The molecule has 3 aromatic carbocycles. The molecule has 0 aromatic heterocycles. The zero-order valence-electron chi connectivity index (χ0n) is 17.1. The van der Waals surface area contributed by atoms with Crippen molar-refractivity contribution in [1.29, 1.82) is 0 Å². The summed E-state index contributed by atoms with van der Waals surface area (Å²) in [7, 11) is -1.44. The molecule has 2 nitrogen and oxygen atoms in total. The lowest BCUT2D eigenvalue weighted by atomic mass is 9.77. The van der Waals surface area contributed by atoms with Gasteiger partial charge in [0.05, 0.1) is 0 Å². The van der Waals surface area contributed by atoms with Crippen molar-refractivity contribution in [3.8, 4) is 0 Å². The van der Waals surface area contributed by atoms with E-state index in [4.69, 9.17) is 0 Å². The lowest BCUT2D eigenvalue weighted by Gasteiger charge is -2.18. The fourth-order valence-corrected chi connectivity index (χ4v) is 4.26. The highest BCUT2D eigenvalue weighted by molar-refractivity contribution is 6.58. The van der Waals surface area contributed by atoms with E-state index in [0.29, 0.717) is 11.4 Å². The number of hydrogen-bond donors (Lipinski definition) is 2. The van der Waals surface area contributed by atoms with Crippen LogP contribution < -0.4 is 5.46 Å². The third-order valence-corrected chi connectivity index (χ3v) is 5.86. The Morgan fingerprint density at radius 2 is 1.52 bits per heavy atom. The number of hydrogen-bond acceptors (Lipinski definition) is 2. The number of allylic oxidation sites excluding steroid dienone is 1. The first kappa shape index (κ1) is 19.7. The van der Waals surface area contributed by atoms with Crippen molar-refractivity contribution in [2.24, 2.45) is 0 Å². The predicted octanol–water partition coefficient (Wildman–Crippen LogP) is 4.79. The molecule has 0 bridgehead atoms. The fourth-order valence-electron chi connectivity index (χ4n) is 4.26. The van der Waals surface area contributed by atoms with Gasteiger partial charge in [-0.15, -0.1) is 0 Å². The summed E-state index contributed by atoms with van der Waals surface area (Å²) in [5.41, 5.74) is 9.37. The summed E-state index contributed by atoms with van der Waals surface area (Å²) in [5.74, 6) is 0.502. The average Bonchev–Trinajstić information content (AvgIpc) is 2.93. The Bertz CT molecular complexity index is 1020. The first-order valence-corrected chi connectivity index (χ1v) is 10.4. The highest BCUT2D eigenvalue weighted by Crippen LogP contribution is 2.39. The van der Waals surface area contributed by atoms with Crippen LogP contribution in [0.25, 0.3) is 11.1 Å². The van der Waals surface area contributed by atoms with Gasteiger partial charge in [-0.25, -0.2) is 0 Å². The number of benzene rings is 3. The maximum absolute atomic E-state index is 9.63. The third-order valence-electron chi connectivity index (χ3n) is 5.86. The quantitative estimate of drug-likeness (QED) is 0.638. The maximum atomic E-state index is 9.63. The molecule has 29 heavy (non-hydrogen) atoms. The lowest BCUT2D eigenvalue weighted by molar-refractivity contribution is 0.425. The van der Waals surface area contributed by atoms with Gasteiger partial charge in [0.1, 0.15) is 0 Å². The van der Waals surface area contributed by atoms with E-state index in [1.54, 1.807) is 0 Å². The van der Waals surface area contributed by atoms with Gasteiger partial charge in [-0.05, 0) is 69.6 Å². The monoisotopic (exact) mass is 382 g/mol. The Labute approximate surface area is 173 Å². The molecule has 0 fully saturated rings. The normalized spacial score (nSPS) is 14.0. The molecule has 0 amide bonds. The molecule has 146 valence electrons. The average molecular weight is 382 g/mol. The van der Waals surface area contributed by atoms with Crippen molar-refractivity contribution in [2.75, 3.05) is 0 Å². The van der Waals surface area contributed by atoms with Gasteiger partial charge >= 0.3 is 7.12 Å². The predicted molar refractivity (Wildman–Crippen MR) is 122 cm³/mol. The van der Waals surface area contributed by atoms with Crippen molar-refractivity contribution in [2.45, 2.75) is 39.0 Å². The summed E-state index contributed by atoms with van der Waals surface area (Å²) in [6.45, 7) is 4.43. The number of rotatable bonds is 4. The van der Waals surface area contributed by atoms with E-state index in [1.807, 2.05) is 12.1 Å². The lowest BCUT2D eigenvalue weighted by Crippen LogP contribution is -2.30. The van der Waals surface area contributed by atoms with Crippen molar-refractivity contribution < 1.29 is 10.0 Å². The molecule has 3 aromatic rings. The standard InChI is InChI=1S/C26H27BO2/c1-18(2)19-11-13-21(14-12-19)26-24(20-7-4-3-5-8-20)10-6-9-22-17-23(27(28)29)15-16-25(22)26/h3-5,7-8,11-18,28-29H,6,9-10H2,1-2H3. The van der Waals surface area contributed by atoms with Gasteiger partial charge in [-0.1, -0.05) is 86.6 Å². The van der Waals surface area contributed by atoms with Gasteiger partial charge in [0.15, 0.2) is 0 Å². The molecule has 1 aliphatic rings. The van der Waals surface area contributed by atoms with Gasteiger partial charge < -0.3 is 10.0 Å². The molecular formula is C26H27BO2. The molecule has 0 aliphatic heterocycles. The molecule has 2 N–H and O–H groups in total. The van der Waals surface area contributed by atoms with E-state index in [0.717, 1.165) is 19.3 Å². The Morgan fingerprint density at radius 3 is 2.17 bits per heavy atom. The zero-order valence-corrected chi connectivity index (χ0v) is 17.1. The Balaban J connectivity index is 1.94. The van der Waals surface area contributed by atoms with Crippen LogP contribution in [-0.2, 0) is 6.42 Å². The van der Waals surface area contributed by atoms with Crippen molar-refractivity contribution in [1.82, 2.24) is 0 Å². The van der Waals surface area contributed by atoms with E-state index >= 15 is 0 Å². The van der Waals surface area contributed by atoms with Crippen LogP contribution in [0.1, 0.15) is 60.4 Å². The van der Waals surface area contributed by atoms with Crippen molar-refractivity contribution in [3.63, 3.8) is 0 Å². The summed E-state index contributed by atoms with van der Waals surface area (Å²) >= 11 is 0. The second-order valence-corrected chi connectivity index (χ2v) is 8.14. The van der Waals surface area contributed by atoms with Gasteiger partial charge in [-0.3, -0.25) is 0 Å². The Morgan fingerprint density at radius 1 is 0.793 bits per heavy atom. The highest BCUT2D eigenvalue weighted by atomic mass is 16.4. The summed E-state index contributed by atoms with van der Waals surface area (Å²) in [4.78, 5) is 0. The largest absolute Gasteiger partial charge is 0.488 e. The van der Waals surface area contributed by atoms with Gasteiger partial charge in [-0.2, -0.15) is 0 Å². The van der Waals surface area contributed by atoms with Crippen LogP contribution in [0, 0.1) is 0 Å². The molecule has 0 heterocycles. The summed E-state index contributed by atoms with van der Waals surface area (Å²) < 4.78 is 0. The van der Waals surface area contributed by atoms with E-state index in [2.05, 4.69) is 74.5 Å². The minimum Gasteiger partial charge on any atom is -0.423 e. The van der Waals surface area contributed by atoms with Crippen molar-refractivity contribution in [3.05, 3.63) is 101 Å². The summed E-state index contributed by atoms with van der Waals surface area (Å²) in [6, 6.07) is 25.4. The molecule has 0 saturated carbocycles. The van der Waals surface area contributed by atoms with Crippen LogP contribution in [0.3, 0.4) is 0 Å². The number of aryl methyl sites for hydroxylation is 1. The molecule has 3 heteroatoms. The summed E-state index contributed by atoms with van der Waals surface area (Å²) in [6.07, 6.45) is 2.96. The first-order valence-electron chi connectivity index (χ1n) is 10.4. The van der Waals surface area contributed by atoms with E-state index < -0.39 is 7.12 Å². The van der Waals surface area contributed by atoms with Crippen LogP contribution in [0.2, 0.25) is 0 Å². The minimum atomic E-state index is -1.44. The van der Waals surface area contributed by atoms with Gasteiger partial charge in [0.2, 0.25) is 0 Å². The second kappa shape index (κ2) is 8.40. The molecule has 0 atom stereocenters. The van der Waals surface area contributed by atoms with Crippen LogP contribution in [0.15, 0.2) is 72.8 Å². The highest BCUT2D eigenvalue weighted by Gasteiger charge is 2.22. The Hall–Kier alpha value is -2.62. The topological polar surface area (TPSA) is 40.5 Å². The van der Waals surface area contributed by atoms with Crippen LogP contribution in [0.5, 0.6) is 0 Å². The van der Waals surface area contributed by atoms with Gasteiger partial charge in [0, 0.05) is 0 Å². The first-order chi connectivity index (χ1) is 14.0. The van der Waals surface area contributed by atoms with E-state index in [1.165, 1.54) is 39.0 Å². The molecule has 0 spiro atoms. The molecule has 4 rings (SSSR count). The molecule has 0 radical (unpaired) electrons. The smallest absolute Gasteiger partial charge is 0.423 e. The molecule has 0 unspecified atom stereocenters. The minimum absolute atomic E-state index is 0.502. The molecule has 1 aliphatic carbocycles. The van der Waals surface area contributed by atoms with Crippen LogP contribution in [0.4, 0.5) is 0 Å². The molecule has 0 saturated heterocycles. The Kier molecular flexibility index (Phi) is 5.71. The van der Waals surface area contributed by atoms with Crippen LogP contribution in [-0.4, -0.2) is 17.2 Å². The fraction of sp³-hybridized carbons (Fsp3) is 0.231. The van der Waals surface area contributed by atoms with E-state index in [-0.39, 0.29) is 0 Å². The second-order valence-electron chi connectivity index (χ2n) is 8.14. The number of fused-ring (bicyclic) bond motifs is 1. The van der Waals surface area contributed by atoms with Crippen molar-refractivity contribution >= 4 is 23.7 Å². The zero-order chi connectivity index (χ0) is 20.4.